The Labute approximate surface area is 289 Å². The van der Waals surface area contributed by atoms with Crippen LogP contribution >= 0.6 is 0 Å². The van der Waals surface area contributed by atoms with Gasteiger partial charge < -0.3 is 4.57 Å². The number of nitrogens with zero attached hydrogens (tertiary/aromatic N) is 2. The molecule has 272 valence electrons. The molecule has 0 atom stereocenters. The van der Waals surface area contributed by atoms with Crippen molar-refractivity contribution in [3.8, 4) is 27.9 Å². The molecule has 0 aliphatic carbocycles. The highest BCUT2D eigenvalue weighted by Gasteiger charge is 2.40. The fourth-order valence-corrected chi connectivity index (χ4v) is 6.64. The minimum atomic E-state index is -5.27. The maximum atomic E-state index is 14.0. The van der Waals surface area contributed by atoms with Crippen molar-refractivity contribution in [3.05, 3.63) is 124 Å². The summed E-state index contributed by atoms with van der Waals surface area (Å²) in [6.45, 7) is 0. The van der Waals surface area contributed by atoms with E-state index in [2.05, 4.69) is 0 Å². The molecular formula is C37H18F12N2O2. The van der Waals surface area contributed by atoms with Crippen LogP contribution < -0.4 is 0 Å². The first-order valence-corrected chi connectivity index (χ1v) is 15.2. The summed E-state index contributed by atoms with van der Waals surface area (Å²) >= 11 is 0. The van der Waals surface area contributed by atoms with Crippen molar-refractivity contribution >= 4 is 33.6 Å². The number of aromatic nitrogens is 1. The van der Waals surface area contributed by atoms with Crippen molar-refractivity contribution in [2.45, 2.75) is 24.7 Å². The molecule has 0 radical (unpaired) electrons. The van der Waals surface area contributed by atoms with Crippen LogP contribution in [0.3, 0.4) is 0 Å². The van der Waals surface area contributed by atoms with E-state index in [-0.39, 0.29) is 61.9 Å². The molecule has 0 bridgehead atoms. The molecule has 16 heteroatoms. The molecule has 4 nitrogen and oxygen atoms in total. The van der Waals surface area contributed by atoms with Gasteiger partial charge in [0.05, 0.1) is 50.1 Å². The van der Waals surface area contributed by atoms with Gasteiger partial charge in [-0.3, -0.25) is 14.5 Å². The summed E-state index contributed by atoms with van der Waals surface area (Å²) in [7, 11) is 1.20. The van der Waals surface area contributed by atoms with E-state index in [4.69, 9.17) is 0 Å². The summed E-state index contributed by atoms with van der Waals surface area (Å²) < 4.78 is 169. The van der Waals surface area contributed by atoms with E-state index < -0.39 is 69.9 Å². The Balaban J connectivity index is 1.68. The number of halogens is 12. The molecular weight excluding hydrogens is 732 g/mol. The zero-order chi connectivity index (χ0) is 38.6. The molecule has 0 spiro atoms. The SMILES string of the molecule is CN1C(=O)c2cccc(-n3c4cccc(-c5cc(C(F)(F)F)cc(C(F)(F)F)c5)c4c4c(-c5cc(C(F)(F)F)cc(C(F)(F)F)c5)cccc43)c2C1=O. The van der Waals surface area contributed by atoms with Gasteiger partial charge in [-0.15, -0.1) is 0 Å². The van der Waals surface area contributed by atoms with E-state index in [1.807, 2.05) is 0 Å². The van der Waals surface area contributed by atoms with Crippen molar-refractivity contribution in [1.82, 2.24) is 9.47 Å². The number of alkyl halides is 12. The average Bonchev–Trinajstić information content (AvgIpc) is 3.53. The largest absolute Gasteiger partial charge is 0.416 e. The van der Waals surface area contributed by atoms with Crippen LogP contribution in [0.4, 0.5) is 52.7 Å². The highest BCUT2D eigenvalue weighted by atomic mass is 19.4. The molecule has 1 aromatic heterocycles. The van der Waals surface area contributed by atoms with Gasteiger partial charge in [0.25, 0.3) is 11.8 Å². The van der Waals surface area contributed by atoms with Crippen LogP contribution in [-0.2, 0) is 24.7 Å². The number of amides is 2. The Morgan fingerprint density at radius 1 is 0.453 bits per heavy atom. The van der Waals surface area contributed by atoms with E-state index in [0.717, 1.165) is 17.0 Å². The van der Waals surface area contributed by atoms with Crippen LogP contribution in [-0.4, -0.2) is 28.3 Å². The molecule has 0 saturated heterocycles. The summed E-state index contributed by atoms with van der Waals surface area (Å²) in [6, 6.07) is 13.3. The van der Waals surface area contributed by atoms with Crippen molar-refractivity contribution in [2.24, 2.45) is 0 Å². The van der Waals surface area contributed by atoms with Gasteiger partial charge in [-0.25, -0.2) is 0 Å². The van der Waals surface area contributed by atoms with E-state index >= 15 is 0 Å². The zero-order valence-electron chi connectivity index (χ0n) is 26.4. The summed E-state index contributed by atoms with van der Waals surface area (Å²) in [6.07, 6.45) is -21.1. The van der Waals surface area contributed by atoms with Gasteiger partial charge in [0.2, 0.25) is 0 Å². The second-order valence-corrected chi connectivity index (χ2v) is 12.2. The Hall–Kier alpha value is -5.80. The maximum absolute atomic E-state index is 14.0. The zero-order valence-corrected chi connectivity index (χ0v) is 26.4. The number of carbonyl (C=O) groups excluding carboxylic acids is 2. The molecule has 2 heterocycles. The predicted molar refractivity (Wildman–Crippen MR) is 168 cm³/mol. The van der Waals surface area contributed by atoms with Gasteiger partial charge in [-0.1, -0.05) is 30.3 Å². The summed E-state index contributed by atoms with van der Waals surface area (Å²) in [5, 5.41) is -0.335. The molecule has 0 unspecified atom stereocenters. The van der Waals surface area contributed by atoms with Gasteiger partial charge in [0.15, 0.2) is 0 Å². The lowest BCUT2D eigenvalue weighted by Gasteiger charge is -2.16. The number of hydrogen-bond donors (Lipinski definition) is 0. The van der Waals surface area contributed by atoms with Crippen LogP contribution in [0.1, 0.15) is 43.0 Å². The highest BCUT2D eigenvalue weighted by molar-refractivity contribution is 6.25. The molecule has 2 amide bonds. The third-order valence-electron chi connectivity index (χ3n) is 8.95. The third kappa shape index (κ3) is 5.85. The summed E-state index contributed by atoms with van der Waals surface area (Å²) in [5.74, 6) is -1.47. The third-order valence-corrected chi connectivity index (χ3v) is 8.95. The van der Waals surface area contributed by atoms with E-state index in [1.54, 1.807) is 0 Å². The van der Waals surface area contributed by atoms with Crippen LogP contribution in [0, 0.1) is 0 Å². The van der Waals surface area contributed by atoms with Crippen molar-refractivity contribution in [2.75, 3.05) is 7.05 Å². The molecule has 6 aromatic rings. The van der Waals surface area contributed by atoms with Crippen molar-refractivity contribution in [3.63, 3.8) is 0 Å². The lowest BCUT2D eigenvalue weighted by atomic mass is 9.91. The lowest BCUT2D eigenvalue weighted by molar-refractivity contribution is -0.144. The Kier molecular flexibility index (Phi) is 7.79. The molecule has 53 heavy (non-hydrogen) atoms. The van der Waals surface area contributed by atoms with E-state index in [9.17, 15) is 62.3 Å². The van der Waals surface area contributed by atoms with Crippen LogP contribution in [0.2, 0.25) is 0 Å². The van der Waals surface area contributed by atoms with Gasteiger partial charge in [-0.2, -0.15) is 52.7 Å². The van der Waals surface area contributed by atoms with Gasteiger partial charge in [-0.05, 0) is 82.9 Å². The minimum Gasteiger partial charge on any atom is -0.308 e. The molecule has 0 saturated carbocycles. The average molecular weight is 751 g/mol. The first kappa shape index (κ1) is 35.6. The second kappa shape index (κ2) is 11.6. The standard InChI is InChI=1S/C37H18F12N2O2/c1-50-32(52)25-7-4-10-28(31(25)33(50)53)51-26-8-2-5-23(17-11-19(34(38,39)40)15-20(12-17)35(41,42)43)29(26)30-24(6-3-9-27(30)51)18-13-21(36(44,45)46)16-22(14-18)37(47,48)49/h2-16H,1H3. The summed E-state index contributed by atoms with van der Waals surface area (Å²) in [4.78, 5) is 27.1. The first-order chi connectivity index (χ1) is 24.6. The fourth-order valence-electron chi connectivity index (χ4n) is 6.64. The van der Waals surface area contributed by atoms with Crippen molar-refractivity contribution < 1.29 is 62.3 Å². The normalized spacial score (nSPS) is 14.2. The van der Waals surface area contributed by atoms with Gasteiger partial charge in [0.1, 0.15) is 0 Å². The molecule has 5 aromatic carbocycles. The number of rotatable bonds is 3. The molecule has 0 N–H and O–H groups in total. The number of benzene rings is 5. The number of imide groups is 1. The fraction of sp³-hybridized carbons (Fsp3) is 0.135. The molecule has 1 aliphatic heterocycles. The molecule has 7 rings (SSSR count). The Morgan fingerprint density at radius 3 is 1.19 bits per heavy atom. The Bertz CT molecular complexity index is 2320. The smallest absolute Gasteiger partial charge is 0.308 e. The van der Waals surface area contributed by atoms with E-state index in [0.29, 0.717) is 24.3 Å². The van der Waals surface area contributed by atoms with Gasteiger partial charge in [0, 0.05) is 17.8 Å². The van der Waals surface area contributed by atoms with E-state index in [1.165, 1.54) is 54.1 Å². The van der Waals surface area contributed by atoms with Crippen molar-refractivity contribution in [1.29, 1.82) is 0 Å². The number of hydrogen-bond acceptors (Lipinski definition) is 2. The highest BCUT2D eigenvalue weighted by Crippen LogP contribution is 2.47. The number of carbonyl (C=O) groups is 2. The molecule has 1 aliphatic rings. The van der Waals surface area contributed by atoms with Crippen LogP contribution in [0.5, 0.6) is 0 Å². The molecule has 0 fully saturated rings. The predicted octanol–water partition coefficient (Wildman–Crippen LogP) is 11.4. The Morgan fingerprint density at radius 2 is 0.811 bits per heavy atom. The monoisotopic (exact) mass is 750 g/mol. The summed E-state index contributed by atoms with van der Waals surface area (Å²) in [5.41, 5.74) is -8.79. The van der Waals surface area contributed by atoms with Crippen LogP contribution in [0.15, 0.2) is 91.0 Å². The minimum absolute atomic E-state index is 0.000421. The first-order valence-electron chi connectivity index (χ1n) is 15.2. The van der Waals surface area contributed by atoms with Crippen LogP contribution in [0.25, 0.3) is 49.7 Å². The van der Waals surface area contributed by atoms with Gasteiger partial charge >= 0.3 is 24.7 Å². The topological polar surface area (TPSA) is 42.3 Å². The quantitative estimate of drug-likeness (QED) is 0.134. The lowest BCUT2D eigenvalue weighted by Crippen LogP contribution is -2.24. The number of fused-ring (bicyclic) bond motifs is 4. The second-order valence-electron chi connectivity index (χ2n) is 12.2. The maximum Gasteiger partial charge on any atom is 0.416 e.